The summed E-state index contributed by atoms with van der Waals surface area (Å²) in [5.41, 5.74) is 2.73. The number of fused-ring (bicyclic) bond motifs is 2. The number of aromatic nitrogens is 4. The Labute approximate surface area is 243 Å². The zero-order chi connectivity index (χ0) is 29.6. The smallest absolute Gasteiger partial charge is 0.262 e. The van der Waals surface area contributed by atoms with E-state index in [2.05, 4.69) is 33.6 Å². The maximum atomic E-state index is 13.6. The van der Waals surface area contributed by atoms with E-state index < -0.39 is 36.3 Å². The highest BCUT2D eigenvalue weighted by atomic mass is 32.1. The molecule has 2 unspecified atom stereocenters. The number of benzene rings is 1. The van der Waals surface area contributed by atoms with E-state index in [0.717, 1.165) is 40.2 Å². The molecule has 6 rings (SSSR count). The van der Waals surface area contributed by atoms with Gasteiger partial charge >= 0.3 is 0 Å². The Balaban J connectivity index is 1.13. The van der Waals surface area contributed by atoms with Crippen molar-refractivity contribution in [2.75, 3.05) is 20.1 Å². The topological polar surface area (TPSA) is 105 Å². The first-order valence-corrected chi connectivity index (χ1v) is 14.8. The molecule has 0 radical (unpaired) electrons. The van der Waals surface area contributed by atoms with Gasteiger partial charge in [0.25, 0.3) is 12.0 Å². The number of aliphatic hydroxyl groups is 1. The number of thiophene rings is 1. The van der Waals surface area contributed by atoms with Gasteiger partial charge in [-0.1, -0.05) is 12.1 Å². The molecule has 2 atom stereocenters. The Hall–Kier alpha value is -3.55. The molecule has 1 aliphatic carbocycles. The van der Waals surface area contributed by atoms with E-state index in [4.69, 9.17) is 0 Å². The summed E-state index contributed by atoms with van der Waals surface area (Å²) < 4.78 is 42.6. The molecule has 0 saturated carbocycles. The lowest BCUT2D eigenvalue weighted by Gasteiger charge is -2.38. The van der Waals surface area contributed by atoms with Crippen molar-refractivity contribution in [3.63, 3.8) is 0 Å². The van der Waals surface area contributed by atoms with Crippen molar-refractivity contribution < 1.29 is 23.1 Å². The average Bonchev–Trinajstić information content (AvgIpc) is 3.71. The normalized spacial score (nSPS) is 19.0. The number of hydrogen-bond acceptors (Lipinski definition) is 7. The molecule has 9 nitrogen and oxygen atoms in total. The minimum Gasteiger partial charge on any atom is -0.388 e. The molecule has 1 fully saturated rings. The van der Waals surface area contributed by atoms with Crippen molar-refractivity contribution in [1.82, 2.24) is 29.5 Å². The summed E-state index contributed by atoms with van der Waals surface area (Å²) in [4.78, 5) is 33.1. The fourth-order valence-electron chi connectivity index (χ4n) is 6.10. The lowest BCUT2D eigenvalue weighted by atomic mass is 9.91. The molecule has 13 heteroatoms. The predicted molar refractivity (Wildman–Crippen MR) is 152 cm³/mol. The summed E-state index contributed by atoms with van der Waals surface area (Å²) in [5, 5.41) is 20.3. The van der Waals surface area contributed by atoms with Gasteiger partial charge in [-0.25, -0.2) is 13.8 Å². The highest BCUT2D eigenvalue weighted by molar-refractivity contribution is 7.15. The number of hydrogen-bond donors (Lipinski definition) is 2. The average molecular weight is 601 g/mol. The number of nitrogens with one attached hydrogen (secondary N) is 1. The molecule has 1 saturated heterocycles. The van der Waals surface area contributed by atoms with E-state index in [1.165, 1.54) is 38.3 Å². The van der Waals surface area contributed by atoms with Crippen molar-refractivity contribution in [3.8, 4) is 10.4 Å². The van der Waals surface area contributed by atoms with Gasteiger partial charge in [-0.2, -0.15) is 4.39 Å². The molecule has 1 aromatic carbocycles. The minimum atomic E-state index is -2.91. The van der Waals surface area contributed by atoms with Crippen molar-refractivity contribution in [2.45, 2.75) is 62.8 Å². The van der Waals surface area contributed by atoms with Gasteiger partial charge in [0.2, 0.25) is 11.9 Å². The molecule has 222 valence electrons. The largest absolute Gasteiger partial charge is 0.388 e. The lowest BCUT2D eigenvalue weighted by Crippen LogP contribution is -2.50. The first-order valence-electron chi connectivity index (χ1n) is 13.9. The minimum absolute atomic E-state index is 0.00153. The summed E-state index contributed by atoms with van der Waals surface area (Å²) in [6, 6.07) is 6.12. The maximum Gasteiger partial charge on any atom is 0.262 e. The van der Waals surface area contributed by atoms with Gasteiger partial charge in [0.1, 0.15) is 6.04 Å². The van der Waals surface area contributed by atoms with E-state index in [-0.39, 0.29) is 38.0 Å². The first-order chi connectivity index (χ1) is 20.2. The second kappa shape index (κ2) is 11.3. The van der Waals surface area contributed by atoms with Gasteiger partial charge in [-0.05, 0) is 55.5 Å². The van der Waals surface area contributed by atoms with Crippen molar-refractivity contribution in [3.05, 3.63) is 69.6 Å². The number of carbonyl (C=O) groups is 1. The number of carbonyl (C=O) groups excluding carboxylic acids is 1. The molecule has 0 spiro atoms. The Bertz CT molecular complexity index is 1680. The summed E-state index contributed by atoms with van der Waals surface area (Å²) in [6.45, 7) is 0.273. The summed E-state index contributed by atoms with van der Waals surface area (Å²) in [6.07, 6.45) is 1.47. The number of likely N-dealkylation sites (tertiary alicyclic amines) is 1. The molecular weight excluding hydrogens is 569 g/mol. The second-order valence-electron chi connectivity index (χ2n) is 11.1. The monoisotopic (exact) mass is 600 g/mol. The van der Waals surface area contributed by atoms with Crippen LogP contribution >= 0.6 is 11.3 Å². The molecule has 2 N–H and O–H groups in total. The fraction of sp³-hybridized carbons (Fsp3) is 0.448. The van der Waals surface area contributed by atoms with E-state index in [0.29, 0.717) is 16.9 Å². The van der Waals surface area contributed by atoms with Crippen LogP contribution in [0.15, 0.2) is 47.0 Å². The van der Waals surface area contributed by atoms with E-state index in [1.54, 1.807) is 5.38 Å². The highest BCUT2D eigenvalue weighted by Gasteiger charge is 2.36. The SMILES string of the molecule is CNC1CCc2cc(-c3scc4c(=O)n(CC5(O)CCN(C(=O)CC(C(F)F)n6ccc(F)n6)CC5)cnc34)ccc21. The molecule has 4 aromatic rings. The molecule has 42 heavy (non-hydrogen) atoms. The van der Waals surface area contributed by atoms with E-state index in [9.17, 15) is 27.9 Å². The van der Waals surface area contributed by atoms with Gasteiger partial charge in [0.05, 0.1) is 40.7 Å². The fourth-order valence-corrected chi connectivity index (χ4v) is 7.08. The van der Waals surface area contributed by atoms with E-state index in [1.807, 2.05) is 7.05 Å². The standard InChI is InChI=1S/C29H31F3N6O3S/c1-33-21-5-3-17-12-18(2-4-19(17)21)26-25-20(14-42-26)28(40)37(16-34-25)15-29(41)7-10-36(11-8-29)24(39)13-22(27(31)32)38-9-6-23(30)35-38/h2,4,6,9,12,14,16,21-22,27,33,41H,3,5,7-8,10-11,13,15H2,1H3. The van der Waals surface area contributed by atoms with Crippen molar-refractivity contribution >= 4 is 28.1 Å². The number of alkyl halides is 2. The van der Waals surface area contributed by atoms with Gasteiger partial charge in [0, 0.05) is 36.8 Å². The highest BCUT2D eigenvalue weighted by Crippen LogP contribution is 2.38. The number of piperidine rings is 1. The molecule has 4 heterocycles. The van der Waals surface area contributed by atoms with Crippen LogP contribution < -0.4 is 10.9 Å². The summed E-state index contributed by atoms with van der Waals surface area (Å²) >= 11 is 1.47. The number of aryl methyl sites for hydroxylation is 1. The number of nitrogens with zero attached hydrogens (tertiary/aromatic N) is 5. The Morgan fingerprint density at radius 1 is 1.26 bits per heavy atom. The Morgan fingerprint density at radius 3 is 2.74 bits per heavy atom. The van der Waals surface area contributed by atoms with Crippen LogP contribution in [0.25, 0.3) is 21.3 Å². The predicted octanol–water partition coefficient (Wildman–Crippen LogP) is 3.92. The second-order valence-corrected chi connectivity index (χ2v) is 12.0. The molecule has 3 aromatic heterocycles. The zero-order valence-corrected chi connectivity index (χ0v) is 23.8. The number of halogens is 3. The summed E-state index contributed by atoms with van der Waals surface area (Å²) in [5.74, 6) is -1.43. The number of amides is 1. The van der Waals surface area contributed by atoms with Crippen LogP contribution in [-0.4, -0.2) is 67.4 Å². The molecule has 1 aliphatic heterocycles. The summed E-state index contributed by atoms with van der Waals surface area (Å²) in [7, 11) is 1.97. The first kappa shape index (κ1) is 28.6. The van der Waals surface area contributed by atoms with Gasteiger partial charge < -0.3 is 15.3 Å². The van der Waals surface area contributed by atoms with Crippen LogP contribution in [0.3, 0.4) is 0 Å². The molecule has 2 aliphatic rings. The van der Waals surface area contributed by atoms with E-state index >= 15 is 0 Å². The third-order valence-corrected chi connectivity index (χ3v) is 9.53. The quantitative estimate of drug-likeness (QED) is 0.318. The third kappa shape index (κ3) is 5.36. The van der Waals surface area contributed by atoms with Gasteiger partial charge in [-0.3, -0.25) is 18.8 Å². The molecular formula is C29H31F3N6O3S. The third-order valence-electron chi connectivity index (χ3n) is 8.52. The molecule has 0 bridgehead atoms. The van der Waals surface area contributed by atoms with Crippen LogP contribution in [-0.2, 0) is 17.8 Å². The molecule has 1 amide bonds. The van der Waals surface area contributed by atoms with Crippen LogP contribution in [0.5, 0.6) is 0 Å². The van der Waals surface area contributed by atoms with Crippen LogP contribution in [0.4, 0.5) is 13.2 Å². The Kier molecular flexibility index (Phi) is 7.66. The van der Waals surface area contributed by atoms with Gasteiger partial charge in [-0.15, -0.1) is 16.4 Å². The van der Waals surface area contributed by atoms with Crippen molar-refractivity contribution in [2.24, 2.45) is 0 Å². The van der Waals surface area contributed by atoms with Crippen LogP contribution in [0, 0.1) is 5.95 Å². The zero-order valence-electron chi connectivity index (χ0n) is 23.0. The Morgan fingerprint density at radius 2 is 2.05 bits per heavy atom. The van der Waals surface area contributed by atoms with Crippen LogP contribution in [0.1, 0.15) is 48.9 Å². The maximum absolute atomic E-state index is 13.6. The van der Waals surface area contributed by atoms with Gasteiger partial charge in [0.15, 0.2) is 0 Å². The van der Waals surface area contributed by atoms with Crippen LogP contribution in [0.2, 0.25) is 0 Å². The lowest BCUT2D eigenvalue weighted by molar-refractivity contribution is -0.138. The van der Waals surface area contributed by atoms with Crippen molar-refractivity contribution in [1.29, 1.82) is 0 Å². The number of rotatable bonds is 8.